The van der Waals surface area contributed by atoms with Crippen molar-refractivity contribution in [3.63, 3.8) is 0 Å². The molecule has 0 saturated carbocycles. The van der Waals surface area contributed by atoms with Gasteiger partial charge in [0.2, 0.25) is 0 Å². The monoisotopic (exact) mass is 587 g/mol. The fourth-order valence-corrected chi connectivity index (χ4v) is 6.33. The molecule has 1 aliphatic heterocycles. The Morgan fingerprint density at radius 3 is 2.49 bits per heavy atom. The van der Waals surface area contributed by atoms with E-state index in [0.29, 0.717) is 23.7 Å². The van der Waals surface area contributed by atoms with Crippen LogP contribution in [-0.2, 0) is 9.84 Å². The molecule has 5 rings (SSSR count). The molecule has 3 aromatic heterocycles. The van der Waals surface area contributed by atoms with Crippen LogP contribution in [-0.4, -0.2) is 63.9 Å². The van der Waals surface area contributed by atoms with Gasteiger partial charge in [-0.25, -0.2) is 23.4 Å². The highest BCUT2D eigenvalue weighted by Gasteiger charge is 2.39. The normalized spacial score (nSPS) is 18.5. The van der Waals surface area contributed by atoms with Crippen LogP contribution in [0.2, 0.25) is 0 Å². The molecule has 0 spiro atoms. The fourth-order valence-electron chi connectivity index (χ4n) is 5.17. The summed E-state index contributed by atoms with van der Waals surface area (Å²) in [4.78, 5) is 15.5. The summed E-state index contributed by atoms with van der Waals surface area (Å²) >= 11 is 0. The second-order valence-corrected chi connectivity index (χ2v) is 13.2. The summed E-state index contributed by atoms with van der Waals surface area (Å²) < 4.78 is 63.8. The highest BCUT2D eigenvalue weighted by Crippen LogP contribution is 2.39. The standard InChI is InChI=1S/C28H32F3N7O2S/c1-16(2)21-6-7-24(37-13-20(17(37)3)15-41(5,39)40)23-12-33-26(10-22(21)23)35-25-8-9-32-27(36-25)19-11-34-38(14-19)18(4)28(29,30)31/h6-12,14,16-18,20H,13,15H2,1-5H3,(H,32,33,35,36)/t17-,18+,20-/m1/s1. The summed E-state index contributed by atoms with van der Waals surface area (Å²) in [5.74, 6) is 1.71. The molecule has 1 N–H and O–H groups in total. The van der Waals surface area contributed by atoms with Crippen LogP contribution in [0.4, 0.5) is 30.5 Å². The lowest BCUT2D eigenvalue weighted by atomic mass is 9.88. The molecular weight excluding hydrogens is 555 g/mol. The van der Waals surface area contributed by atoms with Crippen LogP contribution < -0.4 is 10.2 Å². The minimum atomic E-state index is -4.42. The van der Waals surface area contributed by atoms with Crippen LogP contribution in [0.3, 0.4) is 0 Å². The van der Waals surface area contributed by atoms with Gasteiger partial charge in [0.25, 0.3) is 0 Å². The lowest BCUT2D eigenvalue weighted by Crippen LogP contribution is -2.57. The first-order valence-corrected chi connectivity index (χ1v) is 15.4. The average molecular weight is 588 g/mol. The molecule has 13 heteroatoms. The topological polar surface area (TPSA) is 106 Å². The second-order valence-electron chi connectivity index (χ2n) is 11.0. The van der Waals surface area contributed by atoms with Crippen molar-refractivity contribution >= 4 is 37.9 Å². The largest absolute Gasteiger partial charge is 0.410 e. The number of alkyl halides is 3. The Hall–Kier alpha value is -3.74. The predicted molar refractivity (Wildman–Crippen MR) is 153 cm³/mol. The van der Waals surface area contributed by atoms with E-state index in [-0.39, 0.29) is 29.5 Å². The van der Waals surface area contributed by atoms with Crippen molar-refractivity contribution in [2.45, 2.75) is 51.9 Å². The lowest BCUT2D eigenvalue weighted by Gasteiger charge is -2.48. The van der Waals surface area contributed by atoms with Crippen LogP contribution in [0.1, 0.15) is 45.2 Å². The Balaban J connectivity index is 1.42. The molecule has 1 aliphatic rings. The fraction of sp³-hybridized carbons (Fsp3) is 0.429. The van der Waals surface area contributed by atoms with Crippen LogP contribution in [0.5, 0.6) is 0 Å². The zero-order valence-electron chi connectivity index (χ0n) is 23.4. The summed E-state index contributed by atoms with van der Waals surface area (Å²) in [6, 6.07) is 6.10. The average Bonchev–Trinajstić information content (AvgIpc) is 3.39. The van der Waals surface area contributed by atoms with E-state index < -0.39 is 22.1 Å². The van der Waals surface area contributed by atoms with Crippen molar-refractivity contribution in [1.82, 2.24) is 24.7 Å². The third-order valence-corrected chi connectivity index (χ3v) is 8.64. The maximum atomic E-state index is 13.1. The van der Waals surface area contributed by atoms with E-state index in [9.17, 15) is 21.6 Å². The maximum absolute atomic E-state index is 13.1. The number of fused-ring (bicyclic) bond motifs is 1. The number of nitrogens with one attached hydrogen (secondary N) is 1. The van der Waals surface area contributed by atoms with Crippen LogP contribution in [0, 0.1) is 5.92 Å². The Morgan fingerprint density at radius 2 is 1.83 bits per heavy atom. The summed E-state index contributed by atoms with van der Waals surface area (Å²) in [5.41, 5.74) is 2.51. The Labute approximate surface area is 236 Å². The molecular formula is C28H32F3N7O2S. The minimum Gasteiger partial charge on any atom is -0.368 e. The number of benzene rings is 1. The van der Waals surface area contributed by atoms with Crippen molar-refractivity contribution in [1.29, 1.82) is 0 Å². The molecule has 218 valence electrons. The van der Waals surface area contributed by atoms with Gasteiger partial charge in [-0.2, -0.15) is 18.3 Å². The molecule has 1 aromatic carbocycles. The molecule has 4 aromatic rings. The number of hydrogen-bond acceptors (Lipinski definition) is 8. The molecule has 4 heterocycles. The van der Waals surface area contributed by atoms with Gasteiger partial charge < -0.3 is 10.2 Å². The summed E-state index contributed by atoms with van der Waals surface area (Å²) in [6.45, 7) is 7.98. The zero-order chi connectivity index (χ0) is 29.7. The van der Waals surface area contributed by atoms with Crippen molar-refractivity contribution < 1.29 is 21.6 Å². The SMILES string of the molecule is CC(C)c1ccc(N2C[C@H](CS(C)(=O)=O)[C@H]2C)c2cnc(Nc3ccnc(-c4cnn([C@@H](C)C(F)(F)F)c4)n3)cc12. The van der Waals surface area contributed by atoms with Gasteiger partial charge in [-0.1, -0.05) is 19.9 Å². The van der Waals surface area contributed by atoms with E-state index in [4.69, 9.17) is 0 Å². The molecule has 41 heavy (non-hydrogen) atoms. The molecule has 0 amide bonds. The van der Waals surface area contributed by atoms with Gasteiger partial charge >= 0.3 is 6.18 Å². The predicted octanol–water partition coefficient (Wildman–Crippen LogP) is 5.75. The van der Waals surface area contributed by atoms with Crippen molar-refractivity contribution in [2.24, 2.45) is 5.92 Å². The quantitative estimate of drug-likeness (QED) is 0.278. The molecule has 0 bridgehead atoms. The first kappa shape index (κ1) is 28.8. The van der Waals surface area contributed by atoms with Gasteiger partial charge in [0.15, 0.2) is 5.82 Å². The minimum absolute atomic E-state index is 0.0782. The number of halogens is 3. The summed E-state index contributed by atoms with van der Waals surface area (Å²) in [7, 11) is -3.06. The molecule has 3 atom stereocenters. The Morgan fingerprint density at radius 1 is 1.07 bits per heavy atom. The highest BCUT2D eigenvalue weighted by atomic mass is 32.2. The number of rotatable bonds is 8. The van der Waals surface area contributed by atoms with Crippen LogP contribution >= 0.6 is 0 Å². The zero-order valence-corrected chi connectivity index (χ0v) is 24.2. The first-order chi connectivity index (χ1) is 19.2. The van der Waals surface area contributed by atoms with Gasteiger partial charge in [-0.05, 0) is 48.9 Å². The number of hydrogen-bond donors (Lipinski definition) is 1. The lowest BCUT2D eigenvalue weighted by molar-refractivity contribution is -0.165. The van der Waals surface area contributed by atoms with E-state index in [1.807, 2.05) is 13.0 Å². The number of nitrogens with zero attached hydrogens (tertiary/aromatic N) is 6. The second kappa shape index (κ2) is 10.6. The number of anilines is 3. The van der Waals surface area contributed by atoms with E-state index in [2.05, 4.69) is 56.2 Å². The highest BCUT2D eigenvalue weighted by molar-refractivity contribution is 7.90. The van der Waals surface area contributed by atoms with Crippen LogP contribution in [0.15, 0.2) is 49.1 Å². The van der Waals surface area contributed by atoms with Gasteiger partial charge in [0.05, 0.1) is 17.5 Å². The van der Waals surface area contributed by atoms with Crippen molar-refractivity contribution in [3.05, 3.63) is 54.6 Å². The first-order valence-electron chi connectivity index (χ1n) is 13.3. The number of sulfone groups is 1. The van der Waals surface area contributed by atoms with Gasteiger partial charge in [0.1, 0.15) is 27.5 Å². The third kappa shape index (κ3) is 5.99. The molecule has 1 fully saturated rings. The number of aromatic nitrogens is 5. The molecule has 0 radical (unpaired) electrons. The molecule has 1 saturated heterocycles. The third-order valence-electron chi connectivity index (χ3n) is 7.61. The summed E-state index contributed by atoms with van der Waals surface area (Å²) in [6.07, 6.45) is 2.76. The smallest absolute Gasteiger partial charge is 0.368 e. The van der Waals surface area contributed by atoms with Gasteiger partial charge in [0, 0.05) is 54.4 Å². The summed E-state index contributed by atoms with van der Waals surface area (Å²) in [5, 5.41) is 9.03. The van der Waals surface area contributed by atoms with Crippen molar-refractivity contribution in [2.75, 3.05) is 28.8 Å². The van der Waals surface area contributed by atoms with E-state index in [1.54, 1.807) is 12.3 Å². The van der Waals surface area contributed by atoms with E-state index in [0.717, 1.165) is 33.6 Å². The maximum Gasteiger partial charge on any atom is 0.410 e. The van der Waals surface area contributed by atoms with E-state index >= 15 is 0 Å². The van der Waals surface area contributed by atoms with E-state index in [1.165, 1.54) is 24.8 Å². The number of pyridine rings is 1. The van der Waals surface area contributed by atoms with Gasteiger partial charge in [-0.15, -0.1) is 0 Å². The van der Waals surface area contributed by atoms with Crippen molar-refractivity contribution in [3.8, 4) is 11.4 Å². The Kier molecular flexibility index (Phi) is 7.43. The van der Waals surface area contributed by atoms with Crippen LogP contribution in [0.25, 0.3) is 22.2 Å². The van der Waals surface area contributed by atoms with Gasteiger partial charge in [-0.3, -0.25) is 4.68 Å². The molecule has 9 nitrogen and oxygen atoms in total. The Bertz CT molecular complexity index is 1690. The molecule has 0 aliphatic carbocycles. The molecule has 0 unspecified atom stereocenters.